The van der Waals surface area contributed by atoms with Crippen LogP contribution in [0.3, 0.4) is 0 Å². The van der Waals surface area contributed by atoms with Gasteiger partial charge in [0.05, 0.1) is 26.2 Å². The lowest BCUT2D eigenvalue weighted by atomic mass is 10.1. The van der Waals surface area contributed by atoms with Crippen molar-refractivity contribution in [2.45, 2.75) is 6.42 Å². The fraction of sp³-hybridized carbons (Fsp3) is 0.280. The molecule has 3 aromatic rings. The predicted octanol–water partition coefficient (Wildman–Crippen LogP) is 2.64. The van der Waals surface area contributed by atoms with Gasteiger partial charge < -0.3 is 24.6 Å². The number of carbonyl (C=O) groups excluding carboxylic acids is 2. The van der Waals surface area contributed by atoms with Crippen molar-refractivity contribution in [3.05, 3.63) is 72.1 Å². The quantitative estimate of drug-likeness (QED) is 0.578. The van der Waals surface area contributed by atoms with E-state index in [0.717, 1.165) is 5.56 Å². The minimum absolute atomic E-state index is 0.0755. The zero-order valence-electron chi connectivity index (χ0n) is 19.2. The topological polar surface area (TPSA) is 96.9 Å². The van der Waals surface area contributed by atoms with E-state index in [-0.39, 0.29) is 11.8 Å². The monoisotopic (exact) mass is 461 g/mol. The van der Waals surface area contributed by atoms with Crippen LogP contribution in [0.1, 0.15) is 15.9 Å². The maximum Gasteiger partial charge on any atom is 0.259 e. The van der Waals surface area contributed by atoms with Gasteiger partial charge in [-0.3, -0.25) is 9.59 Å². The molecular formula is C25H27N5O4. The minimum Gasteiger partial charge on any atom is -0.497 e. The molecule has 176 valence electrons. The maximum atomic E-state index is 12.8. The molecule has 1 aliphatic rings. The molecule has 0 saturated carbocycles. The van der Waals surface area contributed by atoms with Crippen LogP contribution in [0.25, 0.3) is 0 Å². The summed E-state index contributed by atoms with van der Waals surface area (Å²) >= 11 is 0. The molecule has 1 N–H and O–H groups in total. The van der Waals surface area contributed by atoms with Gasteiger partial charge in [-0.1, -0.05) is 12.1 Å². The van der Waals surface area contributed by atoms with Crippen LogP contribution < -0.4 is 19.7 Å². The molecular weight excluding hydrogens is 434 g/mol. The number of carbonyl (C=O) groups is 2. The summed E-state index contributed by atoms with van der Waals surface area (Å²) < 4.78 is 10.5. The summed E-state index contributed by atoms with van der Waals surface area (Å²) in [6, 6.07) is 14.1. The van der Waals surface area contributed by atoms with E-state index in [1.807, 2.05) is 17.0 Å². The first-order valence-corrected chi connectivity index (χ1v) is 11.0. The number of amides is 2. The normalized spacial score (nSPS) is 13.4. The summed E-state index contributed by atoms with van der Waals surface area (Å²) in [5.74, 6) is 1.49. The third-order valence-corrected chi connectivity index (χ3v) is 5.69. The Morgan fingerprint density at radius 1 is 0.941 bits per heavy atom. The summed E-state index contributed by atoms with van der Waals surface area (Å²) in [5.41, 5.74) is 1.89. The Morgan fingerprint density at radius 2 is 1.65 bits per heavy atom. The van der Waals surface area contributed by atoms with Gasteiger partial charge in [0.2, 0.25) is 11.9 Å². The Labute approximate surface area is 198 Å². The Bertz CT molecular complexity index is 1130. The number of nitrogens with one attached hydrogen (secondary N) is 1. The molecule has 2 amide bonds. The SMILES string of the molecule is COc1ccc(OC)c(C(=O)Nc2ccc(CC(=O)N3CCN(c4ncccn4)CC3)cc2)c1. The van der Waals surface area contributed by atoms with Crippen molar-refractivity contribution in [1.29, 1.82) is 0 Å². The third kappa shape index (κ3) is 5.43. The highest BCUT2D eigenvalue weighted by molar-refractivity contribution is 6.06. The highest BCUT2D eigenvalue weighted by Gasteiger charge is 2.22. The van der Waals surface area contributed by atoms with Crippen LogP contribution in [0.2, 0.25) is 0 Å². The number of benzene rings is 2. The van der Waals surface area contributed by atoms with Crippen LogP contribution >= 0.6 is 0 Å². The number of rotatable bonds is 7. The van der Waals surface area contributed by atoms with Gasteiger partial charge in [-0.05, 0) is 42.0 Å². The van der Waals surface area contributed by atoms with Crippen molar-refractivity contribution in [1.82, 2.24) is 14.9 Å². The molecule has 9 heteroatoms. The van der Waals surface area contributed by atoms with E-state index in [4.69, 9.17) is 9.47 Å². The first-order chi connectivity index (χ1) is 16.6. The largest absolute Gasteiger partial charge is 0.497 e. The predicted molar refractivity (Wildman–Crippen MR) is 128 cm³/mol. The number of hydrogen-bond acceptors (Lipinski definition) is 7. The second-order valence-electron chi connectivity index (χ2n) is 7.81. The Kier molecular flexibility index (Phi) is 7.22. The van der Waals surface area contributed by atoms with Gasteiger partial charge >= 0.3 is 0 Å². The van der Waals surface area contributed by atoms with Crippen molar-refractivity contribution in [2.24, 2.45) is 0 Å². The molecule has 4 rings (SSSR count). The van der Waals surface area contributed by atoms with Gasteiger partial charge in [0.1, 0.15) is 11.5 Å². The summed E-state index contributed by atoms with van der Waals surface area (Å²) in [5, 5.41) is 2.86. The average Bonchev–Trinajstić information content (AvgIpc) is 2.90. The molecule has 0 bridgehead atoms. The third-order valence-electron chi connectivity index (χ3n) is 5.69. The van der Waals surface area contributed by atoms with Crippen molar-refractivity contribution >= 4 is 23.5 Å². The second kappa shape index (κ2) is 10.7. The Morgan fingerprint density at radius 3 is 2.29 bits per heavy atom. The molecule has 1 aromatic heterocycles. The molecule has 1 saturated heterocycles. The summed E-state index contributed by atoms with van der Waals surface area (Å²) in [7, 11) is 3.06. The number of ether oxygens (including phenoxy) is 2. The molecule has 2 aromatic carbocycles. The number of aromatic nitrogens is 2. The second-order valence-corrected chi connectivity index (χ2v) is 7.81. The van der Waals surface area contributed by atoms with Crippen molar-refractivity contribution in [3.8, 4) is 11.5 Å². The Hall–Kier alpha value is -4.14. The molecule has 1 fully saturated rings. The van der Waals surface area contributed by atoms with Crippen molar-refractivity contribution < 1.29 is 19.1 Å². The highest BCUT2D eigenvalue weighted by Crippen LogP contribution is 2.25. The molecule has 0 spiro atoms. The Balaban J connectivity index is 1.32. The van der Waals surface area contributed by atoms with Crippen LogP contribution in [0.4, 0.5) is 11.6 Å². The number of methoxy groups -OCH3 is 2. The summed E-state index contributed by atoms with van der Waals surface area (Å²) in [4.78, 5) is 38.0. The fourth-order valence-electron chi connectivity index (χ4n) is 3.79. The van der Waals surface area contributed by atoms with E-state index in [9.17, 15) is 9.59 Å². The lowest BCUT2D eigenvalue weighted by Crippen LogP contribution is -2.49. The number of anilines is 2. The zero-order valence-corrected chi connectivity index (χ0v) is 19.2. The van der Waals surface area contributed by atoms with Crippen molar-refractivity contribution in [3.63, 3.8) is 0 Å². The average molecular weight is 462 g/mol. The van der Waals surface area contributed by atoms with E-state index in [2.05, 4.69) is 20.2 Å². The standard InChI is InChI=1S/C25H27N5O4/c1-33-20-8-9-22(34-2)21(17-20)24(32)28-19-6-4-18(5-7-19)16-23(31)29-12-14-30(15-13-29)25-26-10-3-11-27-25/h3-11,17H,12-16H2,1-2H3,(H,28,32). The van der Waals surface area contributed by atoms with Crippen LogP contribution in [0, 0.1) is 0 Å². The molecule has 2 heterocycles. The first-order valence-electron chi connectivity index (χ1n) is 11.0. The molecule has 0 atom stereocenters. The summed E-state index contributed by atoms with van der Waals surface area (Å²) in [6.45, 7) is 2.67. The van der Waals surface area contributed by atoms with Gasteiger partial charge in [-0.25, -0.2) is 9.97 Å². The van der Waals surface area contributed by atoms with Crippen molar-refractivity contribution in [2.75, 3.05) is 50.6 Å². The lowest BCUT2D eigenvalue weighted by Gasteiger charge is -2.34. The van der Waals surface area contributed by atoms with Gasteiger partial charge in [0.25, 0.3) is 5.91 Å². The van der Waals surface area contributed by atoms with E-state index < -0.39 is 0 Å². The van der Waals surface area contributed by atoms with E-state index in [1.54, 1.807) is 55.9 Å². The molecule has 9 nitrogen and oxygen atoms in total. The molecule has 0 aliphatic carbocycles. The number of piperazine rings is 1. The highest BCUT2D eigenvalue weighted by atomic mass is 16.5. The number of nitrogens with zero attached hydrogens (tertiary/aromatic N) is 4. The van der Waals surface area contributed by atoms with Gasteiger partial charge in [0, 0.05) is 44.3 Å². The van der Waals surface area contributed by atoms with E-state index >= 15 is 0 Å². The van der Waals surface area contributed by atoms with E-state index in [0.29, 0.717) is 61.3 Å². The van der Waals surface area contributed by atoms with Crippen LogP contribution in [-0.4, -0.2) is 67.1 Å². The lowest BCUT2D eigenvalue weighted by molar-refractivity contribution is -0.130. The maximum absolute atomic E-state index is 12.8. The van der Waals surface area contributed by atoms with Gasteiger partial charge in [0.15, 0.2) is 0 Å². The fourth-order valence-corrected chi connectivity index (χ4v) is 3.79. The van der Waals surface area contributed by atoms with Crippen LogP contribution in [0.15, 0.2) is 60.9 Å². The molecule has 34 heavy (non-hydrogen) atoms. The summed E-state index contributed by atoms with van der Waals surface area (Å²) in [6.07, 6.45) is 3.75. The number of hydrogen-bond donors (Lipinski definition) is 1. The minimum atomic E-state index is -0.306. The van der Waals surface area contributed by atoms with Crippen LogP contribution in [-0.2, 0) is 11.2 Å². The molecule has 0 unspecified atom stereocenters. The molecule has 1 aliphatic heterocycles. The van der Waals surface area contributed by atoms with Crippen LogP contribution in [0.5, 0.6) is 11.5 Å². The first kappa shape index (κ1) is 23.0. The van der Waals surface area contributed by atoms with Gasteiger partial charge in [-0.2, -0.15) is 0 Å². The van der Waals surface area contributed by atoms with Gasteiger partial charge in [-0.15, -0.1) is 0 Å². The smallest absolute Gasteiger partial charge is 0.259 e. The molecule has 0 radical (unpaired) electrons. The van der Waals surface area contributed by atoms with E-state index in [1.165, 1.54) is 7.11 Å². The zero-order chi connectivity index (χ0) is 23.9.